The van der Waals surface area contributed by atoms with E-state index in [1.165, 1.54) is 6.08 Å². The fourth-order valence-electron chi connectivity index (χ4n) is 3.60. The smallest absolute Gasteiger partial charge is 0.250 e. The first kappa shape index (κ1) is 26.0. The Morgan fingerprint density at radius 3 is 2.61 bits per heavy atom. The van der Waals surface area contributed by atoms with Crippen molar-refractivity contribution in [2.75, 3.05) is 5.32 Å². The molecule has 5 aromatic rings. The van der Waals surface area contributed by atoms with Crippen molar-refractivity contribution in [2.24, 2.45) is 0 Å². The molecule has 0 spiro atoms. The Bertz CT molecular complexity index is 1730. The lowest BCUT2D eigenvalue weighted by Crippen LogP contribution is -2.32. The number of carbonyl (C=O) groups is 1. The van der Waals surface area contributed by atoms with Crippen molar-refractivity contribution in [3.63, 3.8) is 0 Å². The predicted octanol–water partition coefficient (Wildman–Crippen LogP) is 8.55. The van der Waals surface area contributed by atoms with Gasteiger partial charge in [0.25, 0.3) is 0 Å². The van der Waals surface area contributed by atoms with Gasteiger partial charge < -0.3 is 14.2 Å². The van der Waals surface area contributed by atoms with Gasteiger partial charge in [0, 0.05) is 27.4 Å². The van der Waals surface area contributed by atoms with Gasteiger partial charge in [0.05, 0.1) is 10.6 Å². The Morgan fingerprint density at radius 1 is 0.947 bits per heavy atom. The second-order valence-corrected chi connectivity index (χ2v) is 9.93. The molecule has 1 amide bonds. The third-order valence-electron chi connectivity index (χ3n) is 5.52. The fourth-order valence-corrected chi connectivity index (χ4v) is 4.37. The van der Waals surface area contributed by atoms with Crippen molar-refractivity contribution in [3.05, 3.63) is 99.2 Å². The summed E-state index contributed by atoms with van der Waals surface area (Å²) in [5.41, 5.74) is 4.18. The molecule has 3 aromatic carbocycles. The topological polar surface area (TPSA) is 80.3 Å². The summed E-state index contributed by atoms with van der Waals surface area (Å²) in [4.78, 5) is 16.9. The minimum Gasteiger partial charge on any atom is -0.457 e. The quantitative estimate of drug-likeness (QED) is 0.160. The van der Waals surface area contributed by atoms with E-state index < -0.39 is 5.91 Å². The molecule has 0 atom stereocenters. The lowest BCUT2D eigenvalue weighted by Gasteiger charge is -2.07. The lowest BCUT2D eigenvalue weighted by atomic mass is 10.1. The molecular formula is C28H18Cl3N3O3S. The van der Waals surface area contributed by atoms with Crippen LogP contribution in [0, 0.1) is 6.92 Å². The van der Waals surface area contributed by atoms with Crippen LogP contribution >= 0.6 is 47.0 Å². The number of thiocarbonyl (C=S) groups is 1. The van der Waals surface area contributed by atoms with Gasteiger partial charge in [0.15, 0.2) is 10.7 Å². The van der Waals surface area contributed by atoms with Crippen LogP contribution in [0.2, 0.25) is 15.1 Å². The first-order valence-electron chi connectivity index (χ1n) is 11.3. The number of carbonyl (C=O) groups excluding carboxylic acids is 1. The van der Waals surface area contributed by atoms with Crippen LogP contribution in [0.5, 0.6) is 0 Å². The van der Waals surface area contributed by atoms with Crippen LogP contribution in [0.15, 0.2) is 81.6 Å². The van der Waals surface area contributed by atoms with E-state index in [0.717, 1.165) is 11.1 Å². The van der Waals surface area contributed by atoms with E-state index in [-0.39, 0.29) is 5.11 Å². The average Bonchev–Trinajstić information content (AvgIpc) is 3.53. The molecule has 0 aliphatic heterocycles. The molecule has 2 N–H and O–H groups in total. The molecule has 2 aromatic heterocycles. The molecule has 0 saturated carbocycles. The number of aromatic nitrogens is 1. The number of amides is 1. The summed E-state index contributed by atoms with van der Waals surface area (Å²) in [6.45, 7) is 1.93. The average molecular weight is 583 g/mol. The largest absolute Gasteiger partial charge is 0.457 e. The molecule has 0 aliphatic carbocycles. The minimum atomic E-state index is -0.417. The van der Waals surface area contributed by atoms with Crippen molar-refractivity contribution < 1.29 is 13.6 Å². The summed E-state index contributed by atoms with van der Waals surface area (Å²) >= 11 is 23.8. The van der Waals surface area contributed by atoms with E-state index in [1.807, 2.05) is 31.2 Å². The van der Waals surface area contributed by atoms with E-state index in [0.29, 0.717) is 54.8 Å². The van der Waals surface area contributed by atoms with Crippen molar-refractivity contribution in [3.8, 4) is 22.8 Å². The maximum Gasteiger partial charge on any atom is 0.250 e. The van der Waals surface area contributed by atoms with Crippen LogP contribution in [0.3, 0.4) is 0 Å². The molecule has 190 valence electrons. The summed E-state index contributed by atoms with van der Waals surface area (Å²) in [5, 5.41) is 7.34. The molecule has 0 saturated heterocycles. The SMILES string of the molecule is Cc1ccc(-c2ccc(/C=C/C(=O)NC(=S)Nc3ccc4oc(-c5cc(Cl)ccc5Cl)nc4c3)o2)cc1Cl. The number of rotatable bonds is 5. The number of halogens is 3. The maximum atomic E-state index is 12.4. The number of nitrogens with zero attached hydrogens (tertiary/aromatic N) is 1. The highest BCUT2D eigenvalue weighted by Gasteiger charge is 2.13. The van der Waals surface area contributed by atoms with Gasteiger partial charge in [0.2, 0.25) is 11.8 Å². The number of hydrogen-bond donors (Lipinski definition) is 2. The number of fused-ring (bicyclic) bond motifs is 1. The van der Waals surface area contributed by atoms with Crippen LogP contribution < -0.4 is 10.6 Å². The third kappa shape index (κ3) is 5.92. The van der Waals surface area contributed by atoms with E-state index in [4.69, 9.17) is 55.9 Å². The van der Waals surface area contributed by atoms with Crippen LogP contribution in [0.1, 0.15) is 11.3 Å². The van der Waals surface area contributed by atoms with Gasteiger partial charge in [-0.2, -0.15) is 0 Å². The monoisotopic (exact) mass is 581 g/mol. The van der Waals surface area contributed by atoms with Crippen LogP contribution in [0.25, 0.3) is 40.0 Å². The summed E-state index contributed by atoms with van der Waals surface area (Å²) < 4.78 is 11.6. The Balaban J connectivity index is 1.21. The van der Waals surface area contributed by atoms with Crippen molar-refractivity contribution in [1.29, 1.82) is 0 Å². The van der Waals surface area contributed by atoms with Gasteiger partial charge in [-0.3, -0.25) is 10.1 Å². The molecule has 6 nitrogen and oxygen atoms in total. The van der Waals surface area contributed by atoms with Crippen LogP contribution in [-0.2, 0) is 4.79 Å². The zero-order valence-electron chi connectivity index (χ0n) is 19.7. The summed E-state index contributed by atoms with van der Waals surface area (Å²) in [7, 11) is 0. The number of furan rings is 1. The number of oxazole rings is 1. The fraction of sp³-hybridized carbons (Fsp3) is 0.0357. The van der Waals surface area contributed by atoms with Gasteiger partial charge in [-0.25, -0.2) is 4.98 Å². The molecular weight excluding hydrogens is 565 g/mol. The number of benzene rings is 3. The number of nitrogens with one attached hydrogen (secondary N) is 2. The molecule has 0 bridgehead atoms. The highest BCUT2D eigenvalue weighted by Crippen LogP contribution is 2.33. The van der Waals surface area contributed by atoms with Crippen molar-refractivity contribution >= 4 is 80.9 Å². The number of hydrogen-bond acceptors (Lipinski definition) is 5. The summed E-state index contributed by atoms with van der Waals surface area (Å²) in [5.74, 6) is 1.09. The molecule has 0 radical (unpaired) electrons. The van der Waals surface area contributed by atoms with Gasteiger partial charge in [-0.1, -0.05) is 46.9 Å². The van der Waals surface area contributed by atoms with Crippen LogP contribution in [0.4, 0.5) is 5.69 Å². The Morgan fingerprint density at radius 2 is 1.79 bits per heavy atom. The predicted molar refractivity (Wildman–Crippen MR) is 157 cm³/mol. The lowest BCUT2D eigenvalue weighted by molar-refractivity contribution is -0.115. The van der Waals surface area contributed by atoms with E-state index in [1.54, 1.807) is 48.5 Å². The van der Waals surface area contributed by atoms with E-state index in [9.17, 15) is 4.79 Å². The Labute approximate surface area is 238 Å². The second-order valence-electron chi connectivity index (χ2n) is 8.27. The molecule has 0 fully saturated rings. The molecule has 0 unspecified atom stereocenters. The molecule has 2 heterocycles. The van der Waals surface area contributed by atoms with E-state index in [2.05, 4.69) is 15.6 Å². The normalized spacial score (nSPS) is 11.3. The molecule has 38 heavy (non-hydrogen) atoms. The van der Waals surface area contributed by atoms with Gasteiger partial charge in [-0.05, 0) is 85.4 Å². The highest BCUT2D eigenvalue weighted by atomic mass is 35.5. The first-order valence-corrected chi connectivity index (χ1v) is 12.8. The van der Waals surface area contributed by atoms with Gasteiger partial charge in [-0.15, -0.1) is 0 Å². The van der Waals surface area contributed by atoms with Crippen LogP contribution in [-0.4, -0.2) is 16.0 Å². The standard InChI is InChI=1S/C28H18Cl3N3O3S/c1-15-2-3-16(12-22(15)31)24-10-6-19(36-24)7-11-26(35)34-28(38)32-18-5-9-25-23(14-18)33-27(37-25)20-13-17(29)4-8-21(20)30/h2-14H,1H3,(H2,32,34,35,38)/b11-7+. The third-order valence-corrected chi connectivity index (χ3v) is 6.70. The van der Waals surface area contributed by atoms with Crippen molar-refractivity contribution in [1.82, 2.24) is 10.3 Å². The first-order chi connectivity index (χ1) is 18.2. The van der Waals surface area contributed by atoms with E-state index >= 15 is 0 Å². The minimum absolute atomic E-state index is 0.120. The zero-order valence-corrected chi connectivity index (χ0v) is 22.8. The van der Waals surface area contributed by atoms with Crippen molar-refractivity contribution in [2.45, 2.75) is 6.92 Å². The second kappa shape index (κ2) is 11.0. The Kier molecular flexibility index (Phi) is 7.53. The van der Waals surface area contributed by atoms with Gasteiger partial charge >= 0.3 is 0 Å². The highest BCUT2D eigenvalue weighted by molar-refractivity contribution is 7.80. The molecule has 5 rings (SSSR count). The maximum absolute atomic E-state index is 12.4. The Hall–Kier alpha value is -3.62. The molecule has 10 heteroatoms. The number of anilines is 1. The number of aryl methyl sites for hydroxylation is 1. The molecule has 0 aliphatic rings. The zero-order chi connectivity index (χ0) is 26.8. The summed E-state index contributed by atoms with van der Waals surface area (Å²) in [6.07, 6.45) is 2.89. The van der Waals surface area contributed by atoms with Gasteiger partial charge in [0.1, 0.15) is 17.0 Å². The summed E-state index contributed by atoms with van der Waals surface area (Å²) in [6, 6.07) is 19.6.